The summed E-state index contributed by atoms with van der Waals surface area (Å²) in [6.45, 7) is 11.7. The summed E-state index contributed by atoms with van der Waals surface area (Å²) in [6.07, 6.45) is 6.18. The fourth-order valence-electron chi connectivity index (χ4n) is 4.86. The highest BCUT2D eigenvalue weighted by atomic mass is 16.5. The molecule has 8 heteroatoms. The molecule has 1 saturated heterocycles. The fourth-order valence-corrected chi connectivity index (χ4v) is 4.86. The molecule has 3 aromatic rings. The lowest BCUT2D eigenvalue weighted by molar-refractivity contribution is 0.0309. The first kappa shape index (κ1) is 25.9. The minimum absolute atomic E-state index is 0.116. The molecule has 3 N–H and O–H groups in total. The normalized spacial score (nSPS) is 18.2. The standard InChI is InChI=1S/C28H38N6O2/c1-6-21-9-20(8-7-19(21)4)17-36-26-16-34(13-18(2)3)15-25(26)32-28(35)24-10-22(11-30-27(24)29)23-12-31-33(5)14-23/h7-12,14,18,25-26H,6,13,15-17H2,1-5H3,(H2,29,30)(H,32,35)/t25-,26-/m0/s1. The van der Waals surface area contributed by atoms with Crippen molar-refractivity contribution in [2.75, 3.05) is 25.4 Å². The molecule has 0 saturated carbocycles. The maximum absolute atomic E-state index is 13.4. The van der Waals surface area contributed by atoms with E-state index in [1.54, 1.807) is 23.1 Å². The van der Waals surface area contributed by atoms with Gasteiger partial charge < -0.3 is 15.8 Å². The van der Waals surface area contributed by atoms with Crippen LogP contribution in [0, 0.1) is 12.8 Å². The highest BCUT2D eigenvalue weighted by Gasteiger charge is 2.35. The highest BCUT2D eigenvalue weighted by molar-refractivity contribution is 5.99. The Labute approximate surface area is 213 Å². The van der Waals surface area contributed by atoms with Crippen molar-refractivity contribution in [1.29, 1.82) is 0 Å². The lowest BCUT2D eigenvalue weighted by Crippen LogP contribution is -2.44. The number of ether oxygens (including phenoxy) is 1. The average Bonchev–Trinajstić information content (AvgIpc) is 3.43. The summed E-state index contributed by atoms with van der Waals surface area (Å²) in [4.78, 5) is 20.0. The quantitative estimate of drug-likeness (QED) is 0.476. The van der Waals surface area contributed by atoms with Crippen LogP contribution in [0.25, 0.3) is 11.1 Å². The first-order valence-corrected chi connectivity index (χ1v) is 12.7. The summed E-state index contributed by atoms with van der Waals surface area (Å²) < 4.78 is 8.12. The molecule has 0 bridgehead atoms. The van der Waals surface area contributed by atoms with Crippen molar-refractivity contribution in [3.8, 4) is 11.1 Å². The second-order valence-electron chi connectivity index (χ2n) is 10.2. The van der Waals surface area contributed by atoms with Crippen LogP contribution in [0.3, 0.4) is 0 Å². The second-order valence-corrected chi connectivity index (χ2v) is 10.2. The molecule has 0 aliphatic carbocycles. The van der Waals surface area contributed by atoms with Crippen LogP contribution in [0.1, 0.15) is 47.8 Å². The van der Waals surface area contributed by atoms with Crippen LogP contribution in [-0.4, -0.2) is 57.4 Å². The largest absolute Gasteiger partial charge is 0.383 e. The van der Waals surface area contributed by atoms with Gasteiger partial charge in [-0.2, -0.15) is 5.10 Å². The van der Waals surface area contributed by atoms with Gasteiger partial charge in [0.25, 0.3) is 5.91 Å². The van der Waals surface area contributed by atoms with Crippen molar-refractivity contribution in [2.24, 2.45) is 13.0 Å². The number of hydrogen-bond donors (Lipinski definition) is 2. The molecule has 0 spiro atoms. The number of amides is 1. The number of aromatic nitrogens is 3. The van der Waals surface area contributed by atoms with Gasteiger partial charge in [-0.25, -0.2) is 4.98 Å². The van der Waals surface area contributed by atoms with Gasteiger partial charge in [-0.15, -0.1) is 0 Å². The average molecular weight is 491 g/mol. The Morgan fingerprint density at radius 3 is 2.72 bits per heavy atom. The van der Waals surface area contributed by atoms with E-state index >= 15 is 0 Å². The first-order chi connectivity index (χ1) is 17.2. The van der Waals surface area contributed by atoms with Crippen molar-refractivity contribution >= 4 is 11.7 Å². The maximum atomic E-state index is 13.4. The summed E-state index contributed by atoms with van der Waals surface area (Å²) in [6, 6.07) is 8.14. The van der Waals surface area contributed by atoms with Crippen LogP contribution in [0.5, 0.6) is 0 Å². The predicted molar refractivity (Wildman–Crippen MR) is 143 cm³/mol. The molecule has 0 unspecified atom stereocenters. The second kappa shape index (κ2) is 11.2. The van der Waals surface area contributed by atoms with Crippen molar-refractivity contribution in [3.05, 3.63) is 65.1 Å². The summed E-state index contributed by atoms with van der Waals surface area (Å²) >= 11 is 0. The Morgan fingerprint density at radius 1 is 1.22 bits per heavy atom. The summed E-state index contributed by atoms with van der Waals surface area (Å²) in [5, 5.41) is 7.41. The third-order valence-corrected chi connectivity index (χ3v) is 6.74. The van der Waals surface area contributed by atoms with Crippen molar-refractivity contribution < 1.29 is 9.53 Å². The van der Waals surface area contributed by atoms with Gasteiger partial charge in [-0.05, 0) is 42.0 Å². The van der Waals surface area contributed by atoms with Crippen LogP contribution in [-0.2, 0) is 24.8 Å². The van der Waals surface area contributed by atoms with Crippen LogP contribution >= 0.6 is 0 Å². The number of nitrogens with one attached hydrogen (secondary N) is 1. The molecule has 2 atom stereocenters. The monoisotopic (exact) mass is 490 g/mol. The number of nitrogen functional groups attached to an aromatic ring is 1. The van der Waals surface area contributed by atoms with Gasteiger partial charge >= 0.3 is 0 Å². The number of benzene rings is 1. The SMILES string of the molecule is CCc1cc(CO[C@H]2CN(CC(C)C)C[C@@H]2NC(=O)c2cc(-c3cnn(C)c3)cnc2N)ccc1C. The molecule has 8 nitrogen and oxygen atoms in total. The molecule has 0 radical (unpaired) electrons. The minimum Gasteiger partial charge on any atom is -0.383 e. The number of anilines is 1. The van der Waals surface area contributed by atoms with Gasteiger partial charge in [0.05, 0.1) is 30.5 Å². The van der Waals surface area contributed by atoms with Crippen LogP contribution in [0.4, 0.5) is 5.82 Å². The fraction of sp³-hybridized carbons (Fsp3) is 0.464. The molecule has 192 valence electrons. The number of aryl methyl sites for hydroxylation is 3. The molecule has 3 heterocycles. The molecule has 36 heavy (non-hydrogen) atoms. The van der Waals surface area contributed by atoms with Gasteiger partial charge in [0.2, 0.25) is 0 Å². The molecule has 1 fully saturated rings. The number of carbonyl (C=O) groups is 1. The van der Waals surface area contributed by atoms with E-state index in [0.29, 0.717) is 18.1 Å². The highest BCUT2D eigenvalue weighted by Crippen LogP contribution is 2.23. The lowest BCUT2D eigenvalue weighted by atomic mass is 10.0. The smallest absolute Gasteiger partial charge is 0.255 e. The number of carbonyl (C=O) groups excluding carboxylic acids is 1. The van der Waals surface area contributed by atoms with E-state index in [0.717, 1.165) is 42.7 Å². The number of rotatable bonds is 9. The zero-order chi connectivity index (χ0) is 25.8. The van der Waals surface area contributed by atoms with E-state index in [1.807, 2.05) is 13.2 Å². The van der Waals surface area contributed by atoms with E-state index in [-0.39, 0.29) is 23.9 Å². The van der Waals surface area contributed by atoms with Gasteiger partial charge in [0.15, 0.2) is 0 Å². The Hall–Kier alpha value is -3.23. The molecular weight excluding hydrogens is 452 g/mol. The minimum atomic E-state index is -0.237. The van der Waals surface area contributed by atoms with E-state index in [9.17, 15) is 4.79 Å². The van der Waals surface area contributed by atoms with Gasteiger partial charge in [-0.1, -0.05) is 39.0 Å². The van der Waals surface area contributed by atoms with Crippen molar-refractivity contribution in [3.63, 3.8) is 0 Å². The number of pyridine rings is 1. The van der Waals surface area contributed by atoms with Gasteiger partial charge in [0, 0.05) is 50.2 Å². The number of nitrogens with two attached hydrogens (primary N) is 1. The van der Waals surface area contributed by atoms with E-state index in [4.69, 9.17) is 10.5 Å². The molecule has 1 aliphatic rings. The van der Waals surface area contributed by atoms with Crippen LogP contribution in [0.2, 0.25) is 0 Å². The van der Waals surface area contributed by atoms with Gasteiger partial charge in [-0.3, -0.25) is 14.4 Å². The summed E-state index contributed by atoms with van der Waals surface area (Å²) in [5.41, 5.74) is 12.0. The first-order valence-electron chi connectivity index (χ1n) is 12.7. The maximum Gasteiger partial charge on any atom is 0.255 e. The van der Waals surface area contributed by atoms with E-state index in [2.05, 4.69) is 66.2 Å². The Bertz CT molecular complexity index is 1200. The van der Waals surface area contributed by atoms with Crippen molar-refractivity contribution in [1.82, 2.24) is 25.0 Å². The summed E-state index contributed by atoms with van der Waals surface area (Å²) in [7, 11) is 1.85. The van der Waals surface area contributed by atoms with Crippen LogP contribution < -0.4 is 11.1 Å². The molecule has 1 aliphatic heterocycles. The molecule has 1 amide bonds. The van der Waals surface area contributed by atoms with Crippen LogP contribution in [0.15, 0.2) is 42.9 Å². The van der Waals surface area contributed by atoms with E-state index < -0.39 is 0 Å². The predicted octanol–water partition coefficient (Wildman–Crippen LogP) is 3.59. The third kappa shape index (κ3) is 6.12. The Kier molecular flexibility index (Phi) is 8.06. The molecule has 1 aromatic carbocycles. The number of likely N-dealkylation sites (tertiary alicyclic amines) is 1. The zero-order valence-electron chi connectivity index (χ0n) is 22.0. The Balaban J connectivity index is 1.49. The zero-order valence-corrected chi connectivity index (χ0v) is 22.0. The van der Waals surface area contributed by atoms with E-state index in [1.165, 1.54) is 11.1 Å². The molecule has 4 rings (SSSR count). The number of nitrogens with zero attached hydrogens (tertiary/aromatic N) is 4. The molecular formula is C28H38N6O2. The topological polar surface area (TPSA) is 98.3 Å². The number of hydrogen-bond acceptors (Lipinski definition) is 6. The van der Waals surface area contributed by atoms with Crippen molar-refractivity contribution in [2.45, 2.75) is 52.9 Å². The summed E-state index contributed by atoms with van der Waals surface area (Å²) in [5.74, 6) is 0.501. The third-order valence-electron chi connectivity index (χ3n) is 6.74. The molecule has 2 aromatic heterocycles. The lowest BCUT2D eigenvalue weighted by Gasteiger charge is -2.21. The van der Waals surface area contributed by atoms with Gasteiger partial charge in [0.1, 0.15) is 5.82 Å². The Morgan fingerprint density at radius 2 is 2.03 bits per heavy atom.